The molecule has 0 aliphatic rings. The van der Waals surface area contributed by atoms with Crippen molar-refractivity contribution in [3.63, 3.8) is 0 Å². The normalized spacial score (nSPS) is 10.7. The zero-order valence-corrected chi connectivity index (χ0v) is 11.4. The summed E-state index contributed by atoms with van der Waals surface area (Å²) >= 11 is 1.77. The van der Waals surface area contributed by atoms with E-state index >= 15 is 0 Å². The van der Waals surface area contributed by atoms with Gasteiger partial charge >= 0.3 is 0 Å². The lowest BCUT2D eigenvalue weighted by Crippen LogP contribution is -2.19. The molecule has 0 spiro atoms. The lowest BCUT2D eigenvalue weighted by molar-refractivity contribution is 0.313. The Bertz CT molecular complexity index is 439. The van der Waals surface area contributed by atoms with Crippen molar-refractivity contribution in [1.82, 2.24) is 15.1 Å². The van der Waals surface area contributed by atoms with Gasteiger partial charge in [-0.1, -0.05) is 13.0 Å². The number of nitrogens with zero attached hydrogens (tertiary/aromatic N) is 2. The molecule has 18 heavy (non-hydrogen) atoms. The molecule has 0 atom stereocenters. The molecule has 2 heterocycles. The Morgan fingerprint density at radius 1 is 1.50 bits per heavy atom. The van der Waals surface area contributed by atoms with Crippen LogP contribution in [-0.2, 0) is 13.1 Å². The molecule has 0 unspecified atom stereocenters. The fourth-order valence-electron chi connectivity index (χ4n) is 1.64. The second-order valence-electron chi connectivity index (χ2n) is 4.04. The van der Waals surface area contributed by atoms with E-state index < -0.39 is 0 Å². The quantitative estimate of drug-likeness (QED) is 0.745. The third-order valence-corrected chi connectivity index (χ3v) is 3.37. The van der Waals surface area contributed by atoms with Crippen LogP contribution in [0.15, 0.2) is 29.9 Å². The molecular weight excluding hydrogens is 246 g/mol. The summed E-state index contributed by atoms with van der Waals surface area (Å²) < 4.78 is 7.52. The van der Waals surface area contributed by atoms with Gasteiger partial charge in [-0.3, -0.25) is 4.68 Å². The highest BCUT2D eigenvalue weighted by molar-refractivity contribution is 7.09. The van der Waals surface area contributed by atoms with E-state index in [1.807, 2.05) is 10.9 Å². The predicted molar refractivity (Wildman–Crippen MR) is 74.0 cm³/mol. The standard InChI is InChI=1S/C13H19N3OS/c1-2-6-16-11-12(9-15-16)17-7-5-14-10-13-4-3-8-18-13/h3-4,8-9,11,14H,2,5-7,10H2,1H3. The van der Waals surface area contributed by atoms with Gasteiger partial charge in [0.25, 0.3) is 0 Å². The zero-order valence-electron chi connectivity index (χ0n) is 10.6. The van der Waals surface area contributed by atoms with Crippen molar-refractivity contribution in [2.75, 3.05) is 13.2 Å². The monoisotopic (exact) mass is 265 g/mol. The number of aryl methyl sites for hydroxylation is 1. The number of rotatable bonds is 8. The minimum absolute atomic E-state index is 0.670. The maximum Gasteiger partial charge on any atom is 0.157 e. The predicted octanol–water partition coefficient (Wildman–Crippen LogP) is 2.52. The first-order chi connectivity index (χ1) is 8.88. The molecule has 0 fully saturated rings. The first-order valence-electron chi connectivity index (χ1n) is 6.27. The summed E-state index contributed by atoms with van der Waals surface area (Å²) in [6.45, 7) is 5.51. The molecule has 0 aromatic carbocycles. The van der Waals surface area contributed by atoms with E-state index in [4.69, 9.17) is 4.74 Å². The first kappa shape index (κ1) is 13.1. The third-order valence-electron chi connectivity index (χ3n) is 2.49. The minimum Gasteiger partial charge on any atom is -0.489 e. The largest absolute Gasteiger partial charge is 0.489 e. The van der Waals surface area contributed by atoms with Crippen molar-refractivity contribution in [2.45, 2.75) is 26.4 Å². The van der Waals surface area contributed by atoms with E-state index in [-0.39, 0.29) is 0 Å². The van der Waals surface area contributed by atoms with E-state index in [9.17, 15) is 0 Å². The smallest absolute Gasteiger partial charge is 0.157 e. The van der Waals surface area contributed by atoms with Crippen LogP contribution in [0.2, 0.25) is 0 Å². The molecule has 98 valence electrons. The van der Waals surface area contributed by atoms with Crippen LogP contribution in [0, 0.1) is 0 Å². The first-order valence-corrected chi connectivity index (χ1v) is 7.15. The number of aromatic nitrogens is 2. The molecule has 0 aliphatic heterocycles. The highest BCUT2D eigenvalue weighted by Gasteiger charge is 1.98. The summed E-state index contributed by atoms with van der Waals surface area (Å²) in [5.74, 6) is 0.848. The number of nitrogens with one attached hydrogen (secondary N) is 1. The Morgan fingerprint density at radius 2 is 2.44 bits per heavy atom. The molecule has 0 amide bonds. The molecule has 2 rings (SSSR count). The van der Waals surface area contributed by atoms with Crippen molar-refractivity contribution >= 4 is 11.3 Å². The summed E-state index contributed by atoms with van der Waals surface area (Å²) in [6, 6.07) is 4.20. The summed E-state index contributed by atoms with van der Waals surface area (Å²) in [7, 11) is 0. The Labute approximate surface area is 112 Å². The van der Waals surface area contributed by atoms with Crippen LogP contribution in [0.25, 0.3) is 0 Å². The van der Waals surface area contributed by atoms with Crippen LogP contribution in [-0.4, -0.2) is 22.9 Å². The molecule has 0 saturated heterocycles. The van der Waals surface area contributed by atoms with E-state index in [0.29, 0.717) is 6.61 Å². The van der Waals surface area contributed by atoms with E-state index in [1.165, 1.54) is 4.88 Å². The highest BCUT2D eigenvalue weighted by atomic mass is 32.1. The summed E-state index contributed by atoms with van der Waals surface area (Å²) in [5, 5.41) is 9.66. The van der Waals surface area contributed by atoms with Gasteiger partial charge in [0.05, 0.1) is 12.4 Å². The Balaban J connectivity index is 1.59. The van der Waals surface area contributed by atoms with Crippen LogP contribution in [0.1, 0.15) is 18.2 Å². The maximum absolute atomic E-state index is 5.61. The van der Waals surface area contributed by atoms with Gasteiger partial charge in [-0.25, -0.2) is 0 Å². The van der Waals surface area contributed by atoms with Gasteiger partial charge in [0.2, 0.25) is 0 Å². The molecule has 0 aliphatic carbocycles. The van der Waals surface area contributed by atoms with Crippen molar-refractivity contribution < 1.29 is 4.74 Å². The number of hydrogen-bond acceptors (Lipinski definition) is 4. The van der Waals surface area contributed by atoms with Crippen molar-refractivity contribution in [3.05, 3.63) is 34.8 Å². The maximum atomic E-state index is 5.61. The fourth-order valence-corrected chi connectivity index (χ4v) is 2.31. The number of hydrogen-bond donors (Lipinski definition) is 1. The van der Waals surface area contributed by atoms with Crippen LogP contribution >= 0.6 is 11.3 Å². The molecule has 0 saturated carbocycles. The Hall–Kier alpha value is -1.33. The van der Waals surface area contributed by atoms with Gasteiger partial charge < -0.3 is 10.1 Å². The second kappa shape index (κ2) is 7.18. The van der Waals surface area contributed by atoms with Crippen LogP contribution < -0.4 is 10.1 Å². The van der Waals surface area contributed by atoms with Gasteiger partial charge in [0.1, 0.15) is 6.61 Å². The summed E-state index contributed by atoms with van der Waals surface area (Å²) in [6.07, 6.45) is 4.81. The minimum atomic E-state index is 0.670. The topological polar surface area (TPSA) is 39.1 Å². The lowest BCUT2D eigenvalue weighted by atomic mass is 10.4. The van der Waals surface area contributed by atoms with Crippen LogP contribution in [0.4, 0.5) is 0 Å². The average molecular weight is 265 g/mol. The highest BCUT2D eigenvalue weighted by Crippen LogP contribution is 2.09. The molecule has 2 aromatic rings. The Morgan fingerprint density at radius 3 is 3.22 bits per heavy atom. The van der Waals surface area contributed by atoms with E-state index in [0.717, 1.165) is 31.8 Å². The van der Waals surface area contributed by atoms with Crippen molar-refractivity contribution in [2.24, 2.45) is 0 Å². The Kier molecular flexibility index (Phi) is 5.23. The third kappa shape index (κ3) is 4.16. The molecule has 2 aromatic heterocycles. The van der Waals surface area contributed by atoms with Crippen molar-refractivity contribution in [1.29, 1.82) is 0 Å². The van der Waals surface area contributed by atoms with E-state index in [2.05, 4.69) is 34.9 Å². The van der Waals surface area contributed by atoms with Crippen molar-refractivity contribution in [3.8, 4) is 5.75 Å². The molecule has 4 nitrogen and oxygen atoms in total. The van der Waals surface area contributed by atoms with E-state index in [1.54, 1.807) is 17.5 Å². The molecule has 1 N–H and O–H groups in total. The molecule has 5 heteroatoms. The lowest BCUT2D eigenvalue weighted by Gasteiger charge is -2.04. The van der Waals surface area contributed by atoms with Crippen LogP contribution in [0.3, 0.4) is 0 Å². The van der Waals surface area contributed by atoms with Gasteiger partial charge in [0.15, 0.2) is 5.75 Å². The summed E-state index contributed by atoms with van der Waals surface area (Å²) in [5.41, 5.74) is 0. The average Bonchev–Trinajstić information content (AvgIpc) is 3.01. The zero-order chi connectivity index (χ0) is 12.6. The molecular formula is C13H19N3OS. The molecule has 0 radical (unpaired) electrons. The fraction of sp³-hybridized carbons (Fsp3) is 0.462. The van der Waals surface area contributed by atoms with Gasteiger partial charge in [-0.05, 0) is 17.9 Å². The summed E-state index contributed by atoms with van der Waals surface area (Å²) in [4.78, 5) is 1.35. The van der Waals surface area contributed by atoms with Gasteiger partial charge in [-0.2, -0.15) is 5.10 Å². The number of ether oxygens (including phenoxy) is 1. The molecule has 0 bridgehead atoms. The van der Waals surface area contributed by atoms with Gasteiger partial charge in [0, 0.05) is 24.5 Å². The second-order valence-corrected chi connectivity index (χ2v) is 5.08. The van der Waals surface area contributed by atoms with Gasteiger partial charge in [-0.15, -0.1) is 11.3 Å². The SMILES string of the molecule is CCCn1cc(OCCNCc2cccs2)cn1. The van der Waals surface area contributed by atoms with Crippen LogP contribution in [0.5, 0.6) is 5.75 Å². The number of thiophene rings is 1.